The smallest absolute Gasteiger partial charge is 0.251 e. The van der Waals surface area contributed by atoms with Crippen LogP contribution in [0.5, 0.6) is 11.5 Å². The summed E-state index contributed by atoms with van der Waals surface area (Å²) in [4.78, 5) is 22.3. The van der Waals surface area contributed by atoms with Gasteiger partial charge in [0.1, 0.15) is 6.10 Å². The van der Waals surface area contributed by atoms with E-state index in [0.29, 0.717) is 36.6 Å². The summed E-state index contributed by atoms with van der Waals surface area (Å²) in [7, 11) is 1.59. The average Bonchev–Trinajstić information content (AvgIpc) is 3.33. The molecule has 3 aromatic rings. The number of nitrogens with zero attached hydrogens (tertiary/aromatic N) is 2. The van der Waals surface area contributed by atoms with Gasteiger partial charge in [0.2, 0.25) is 0 Å². The molecule has 1 aromatic heterocycles. The molecule has 1 atom stereocenters. The maximum Gasteiger partial charge on any atom is 0.251 e. The van der Waals surface area contributed by atoms with Gasteiger partial charge in [-0.1, -0.05) is 28.9 Å². The fraction of sp³-hybridized carbons (Fsp3) is 0.296. The normalized spacial score (nSPS) is 14.8. The van der Waals surface area contributed by atoms with Crippen molar-refractivity contribution in [1.82, 2.24) is 10.3 Å². The molecule has 0 fully saturated rings. The number of hydrogen-bond donors (Lipinski definition) is 1. The van der Waals surface area contributed by atoms with Crippen LogP contribution < -0.4 is 14.8 Å². The second-order valence-electron chi connectivity index (χ2n) is 8.31. The fourth-order valence-corrected chi connectivity index (χ4v) is 3.89. The summed E-state index contributed by atoms with van der Waals surface area (Å²) >= 11 is 0. The highest BCUT2D eigenvalue weighted by Crippen LogP contribution is 2.28. The number of nitrogens with one attached hydrogen (secondary N) is 1. The first-order valence-corrected chi connectivity index (χ1v) is 11.3. The van der Waals surface area contributed by atoms with Crippen molar-refractivity contribution >= 4 is 11.6 Å². The number of aryl methyl sites for hydroxylation is 2. The van der Waals surface area contributed by atoms with Crippen LogP contribution in [0.25, 0.3) is 0 Å². The molecule has 4 rings (SSSR count). The Bertz CT molecular complexity index is 1180. The van der Waals surface area contributed by atoms with E-state index in [0.717, 1.165) is 17.7 Å². The Morgan fingerprint density at radius 1 is 1.09 bits per heavy atom. The molecule has 2 heterocycles. The minimum absolute atomic E-state index is 0.206. The Labute approximate surface area is 199 Å². The highest BCUT2D eigenvalue weighted by atomic mass is 16.6. The van der Waals surface area contributed by atoms with E-state index in [1.165, 1.54) is 16.7 Å². The quantitative estimate of drug-likeness (QED) is 0.517. The van der Waals surface area contributed by atoms with E-state index in [1.54, 1.807) is 37.7 Å². The lowest BCUT2D eigenvalue weighted by Crippen LogP contribution is -2.32. The van der Waals surface area contributed by atoms with Gasteiger partial charge in [-0.3, -0.25) is 9.78 Å². The monoisotopic (exact) mass is 459 g/mol. The van der Waals surface area contributed by atoms with Crippen LogP contribution in [0.4, 0.5) is 0 Å². The molecule has 1 amide bonds. The van der Waals surface area contributed by atoms with Crippen LogP contribution >= 0.6 is 0 Å². The van der Waals surface area contributed by atoms with Gasteiger partial charge in [-0.05, 0) is 55.3 Å². The second kappa shape index (κ2) is 10.8. The first kappa shape index (κ1) is 23.3. The summed E-state index contributed by atoms with van der Waals surface area (Å²) in [5.74, 6) is 0.926. The van der Waals surface area contributed by atoms with Gasteiger partial charge in [0.25, 0.3) is 5.91 Å². The van der Waals surface area contributed by atoms with Crippen LogP contribution in [-0.4, -0.2) is 43.0 Å². The molecule has 34 heavy (non-hydrogen) atoms. The standard InChI is InChI=1S/C27H29N3O4/c1-18-4-5-20(19(2)14-18)10-13-33-26-15-22(6-7-25(26)32-3)27(31)29-17-23-16-24(30-34-23)21-8-11-28-12-9-21/h4-9,11-12,14-15,23H,10,13,16-17H2,1-3H3,(H,29,31). The van der Waals surface area contributed by atoms with Crippen molar-refractivity contribution in [3.8, 4) is 11.5 Å². The minimum atomic E-state index is -0.209. The minimum Gasteiger partial charge on any atom is -0.493 e. The van der Waals surface area contributed by atoms with Gasteiger partial charge in [-0.25, -0.2) is 0 Å². The number of pyridine rings is 1. The molecule has 0 radical (unpaired) electrons. The number of carbonyl (C=O) groups is 1. The zero-order chi connectivity index (χ0) is 23.9. The van der Waals surface area contributed by atoms with Crippen LogP contribution in [0.2, 0.25) is 0 Å². The molecule has 7 heteroatoms. The van der Waals surface area contributed by atoms with Crippen molar-refractivity contribution in [2.75, 3.05) is 20.3 Å². The number of oxime groups is 1. The van der Waals surface area contributed by atoms with Crippen LogP contribution in [0, 0.1) is 13.8 Å². The van der Waals surface area contributed by atoms with Crippen LogP contribution in [-0.2, 0) is 11.3 Å². The number of ether oxygens (including phenoxy) is 2. The van der Waals surface area contributed by atoms with E-state index in [1.807, 2.05) is 12.1 Å². The molecule has 0 bridgehead atoms. The van der Waals surface area contributed by atoms with Crippen molar-refractivity contribution in [2.45, 2.75) is 32.8 Å². The molecule has 176 valence electrons. The largest absolute Gasteiger partial charge is 0.493 e. The Morgan fingerprint density at radius 2 is 1.91 bits per heavy atom. The molecule has 1 N–H and O–H groups in total. The summed E-state index contributed by atoms with van der Waals surface area (Å²) in [5, 5.41) is 7.07. The second-order valence-corrected chi connectivity index (χ2v) is 8.31. The van der Waals surface area contributed by atoms with E-state index in [-0.39, 0.29) is 12.0 Å². The molecular weight excluding hydrogens is 430 g/mol. The van der Waals surface area contributed by atoms with Crippen molar-refractivity contribution in [2.24, 2.45) is 5.16 Å². The van der Waals surface area contributed by atoms with Gasteiger partial charge >= 0.3 is 0 Å². The first-order valence-electron chi connectivity index (χ1n) is 11.3. The zero-order valence-corrected chi connectivity index (χ0v) is 19.7. The van der Waals surface area contributed by atoms with Crippen molar-refractivity contribution in [3.63, 3.8) is 0 Å². The third-order valence-corrected chi connectivity index (χ3v) is 5.79. The lowest BCUT2D eigenvalue weighted by Gasteiger charge is -2.14. The lowest BCUT2D eigenvalue weighted by molar-refractivity contribution is 0.0753. The van der Waals surface area contributed by atoms with Crippen LogP contribution in [0.1, 0.15) is 39.0 Å². The topological polar surface area (TPSA) is 82.0 Å². The number of benzene rings is 2. The molecule has 0 saturated heterocycles. The van der Waals surface area contributed by atoms with E-state index < -0.39 is 0 Å². The van der Waals surface area contributed by atoms with Crippen LogP contribution in [0.3, 0.4) is 0 Å². The Kier molecular flexibility index (Phi) is 7.42. The van der Waals surface area contributed by atoms with Gasteiger partial charge in [0, 0.05) is 36.4 Å². The third-order valence-electron chi connectivity index (χ3n) is 5.79. The number of rotatable bonds is 9. The summed E-state index contributed by atoms with van der Waals surface area (Å²) in [6.07, 6.45) is 4.62. The summed E-state index contributed by atoms with van der Waals surface area (Å²) in [5.41, 5.74) is 6.05. The molecule has 0 saturated carbocycles. The summed E-state index contributed by atoms with van der Waals surface area (Å²) in [6.45, 7) is 5.02. The molecular formula is C27H29N3O4. The molecule has 1 aliphatic rings. The third kappa shape index (κ3) is 5.73. The van der Waals surface area contributed by atoms with E-state index in [4.69, 9.17) is 14.3 Å². The highest BCUT2D eigenvalue weighted by molar-refractivity contribution is 6.01. The summed E-state index contributed by atoms with van der Waals surface area (Å²) in [6, 6.07) is 15.4. The van der Waals surface area contributed by atoms with E-state index >= 15 is 0 Å². The summed E-state index contributed by atoms with van der Waals surface area (Å²) < 4.78 is 11.4. The Balaban J connectivity index is 1.32. The SMILES string of the molecule is COc1ccc(C(=O)NCC2CC(c3ccncc3)=NO2)cc1OCCc1ccc(C)cc1C. The van der Waals surface area contributed by atoms with Crippen molar-refractivity contribution in [1.29, 1.82) is 0 Å². The van der Waals surface area contributed by atoms with Gasteiger partial charge < -0.3 is 19.6 Å². The highest BCUT2D eigenvalue weighted by Gasteiger charge is 2.23. The van der Waals surface area contributed by atoms with Gasteiger partial charge in [0.05, 0.1) is 26.0 Å². The van der Waals surface area contributed by atoms with Crippen LogP contribution in [0.15, 0.2) is 66.1 Å². The molecule has 0 spiro atoms. The number of amides is 1. The molecule has 1 aliphatic heterocycles. The maximum absolute atomic E-state index is 12.8. The predicted octanol–water partition coefficient (Wildman–Crippen LogP) is 4.25. The van der Waals surface area contributed by atoms with Crippen molar-refractivity contribution in [3.05, 3.63) is 88.7 Å². The van der Waals surface area contributed by atoms with E-state index in [9.17, 15) is 4.79 Å². The molecule has 1 unspecified atom stereocenters. The number of carbonyl (C=O) groups excluding carboxylic acids is 1. The average molecular weight is 460 g/mol. The zero-order valence-electron chi connectivity index (χ0n) is 19.7. The predicted molar refractivity (Wildman–Crippen MR) is 131 cm³/mol. The number of hydrogen-bond acceptors (Lipinski definition) is 6. The van der Waals surface area contributed by atoms with E-state index in [2.05, 4.69) is 47.5 Å². The molecule has 2 aromatic carbocycles. The Hall–Kier alpha value is -3.87. The van der Waals surface area contributed by atoms with Crippen molar-refractivity contribution < 1.29 is 19.1 Å². The fourth-order valence-electron chi connectivity index (χ4n) is 3.89. The maximum atomic E-state index is 12.8. The van der Waals surface area contributed by atoms with Gasteiger partial charge in [0.15, 0.2) is 11.5 Å². The van der Waals surface area contributed by atoms with Gasteiger partial charge in [-0.15, -0.1) is 0 Å². The molecule has 7 nitrogen and oxygen atoms in total. The number of aromatic nitrogens is 1. The first-order chi connectivity index (χ1) is 16.5. The number of methoxy groups -OCH3 is 1. The Morgan fingerprint density at radius 3 is 2.68 bits per heavy atom. The van der Waals surface area contributed by atoms with Gasteiger partial charge in [-0.2, -0.15) is 0 Å². The molecule has 0 aliphatic carbocycles. The lowest BCUT2D eigenvalue weighted by atomic mass is 10.0.